The average Bonchev–Trinajstić information content (AvgIpc) is 3.02. The Bertz CT molecular complexity index is 1660. The predicted octanol–water partition coefficient (Wildman–Crippen LogP) is 7.30. The van der Waals surface area contributed by atoms with E-state index in [1.165, 1.54) is 12.1 Å². The predicted molar refractivity (Wildman–Crippen MR) is 173 cm³/mol. The molecule has 0 radical (unpaired) electrons. The molecule has 5 rings (SSSR count). The Morgan fingerprint density at radius 2 is 1.64 bits per heavy atom. The van der Waals surface area contributed by atoms with E-state index in [0.29, 0.717) is 30.0 Å². The molecule has 3 aromatic rings. The maximum Gasteiger partial charge on any atom is 0.360 e. The van der Waals surface area contributed by atoms with E-state index in [1.54, 1.807) is 26.0 Å². The lowest BCUT2D eigenvalue weighted by molar-refractivity contribution is -0.384. The molecule has 1 saturated heterocycles. The lowest BCUT2D eigenvalue weighted by Crippen LogP contribution is -2.34. The normalized spacial score (nSPS) is 19.1. The number of para-hydroxylation sites is 1. The molecule has 10 nitrogen and oxygen atoms in total. The molecule has 0 amide bonds. The van der Waals surface area contributed by atoms with Gasteiger partial charge in [0.05, 0.1) is 41.5 Å². The SMILES string of the molecule is CC1=C(C(=O)OCCN(Cc2ccccc2)c2ccccc2)[C@@H](c2cccc([N+](=O)[O-])c2)C(P2(=O)OCC(C)(C)CO2)=C(C)N1. The lowest BCUT2D eigenvalue weighted by atomic mass is 9.86. The summed E-state index contributed by atoms with van der Waals surface area (Å²) >= 11 is 0. The smallest absolute Gasteiger partial charge is 0.360 e. The van der Waals surface area contributed by atoms with Crippen LogP contribution in [0.15, 0.2) is 107 Å². The highest BCUT2D eigenvalue weighted by atomic mass is 31.2. The van der Waals surface area contributed by atoms with Gasteiger partial charge in [-0.2, -0.15) is 0 Å². The number of esters is 1. The third-order valence-corrected chi connectivity index (χ3v) is 9.96. The Morgan fingerprint density at radius 1 is 1.00 bits per heavy atom. The standard InChI is InChI=1S/C34H38N3O7P/c1-24-30(33(38)42-19-18-36(28-15-9-6-10-16-28)21-26-12-7-5-8-13-26)31(27-14-11-17-29(20-27)37(39)40)32(25(2)35-24)45(41)43-22-34(3,4)23-44-45/h5-17,20,31,35H,18-19,21-23H2,1-4H3/t31-/m1/s1. The van der Waals surface area contributed by atoms with Gasteiger partial charge in [0.1, 0.15) is 6.61 Å². The minimum Gasteiger partial charge on any atom is -0.460 e. The van der Waals surface area contributed by atoms with Crippen LogP contribution in [0.25, 0.3) is 0 Å². The molecule has 2 heterocycles. The second-order valence-corrected chi connectivity index (χ2v) is 14.0. The monoisotopic (exact) mass is 631 g/mol. The number of carbonyl (C=O) groups is 1. The maximum atomic E-state index is 14.3. The van der Waals surface area contributed by atoms with Gasteiger partial charge in [0, 0.05) is 41.2 Å². The van der Waals surface area contributed by atoms with E-state index in [-0.39, 0.29) is 41.8 Å². The number of rotatable bonds is 10. The van der Waals surface area contributed by atoms with Crippen molar-refractivity contribution in [2.24, 2.45) is 5.41 Å². The number of nitrogens with one attached hydrogen (secondary N) is 1. The van der Waals surface area contributed by atoms with Gasteiger partial charge in [-0.05, 0) is 37.1 Å². The summed E-state index contributed by atoms with van der Waals surface area (Å²) in [6, 6.07) is 25.9. The van der Waals surface area contributed by atoms with E-state index < -0.39 is 24.4 Å². The van der Waals surface area contributed by atoms with Crippen molar-refractivity contribution in [2.45, 2.75) is 40.2 Å². The molecule has 1 N–H and O–H groups in total. The van der Waals surface area contributed by atoms with Crippen LogP contribution in [0.4, 0.5) is 11.4 Å². The van der Waals surface area contributed by atoms with Crippen LogP contribution in [0.3, 0.4) is 0 Å². The fraction of sp³-hybridized carbons (Fsp3) is 0.324. The second-order valence-electron chi connectivity index (χ2n) is 12.0. The summed E-state index contributed by atoms with van der Waals surface area (Å²) < 4.78 is 32.1. The van der Waals surface area contributed by atoms with E-state index in [1.807, 2.05) is 74.5 Å². The third kappa shape index (κ3) is 7.36. The Kier molecular flexibility index (Phi) is 9.58. The highest BCUT2D eigenvalue weighted by molar-refractivity contribution is 7.58. The van der Waals surface area contributed by atoms with Crippen molar-refractivity contribution in [2.75, 3.05) is 31.3 Å². The number of anilines is 1. The molecular formula is C34H38N3O7P. The summed E-state index contributed by atoms with van der Waals surface area (Å²) in [5.41, 5.74) is 3.18. The van der Waals surface area contributed by atoms with E-state index in [0.717, 1.165) is 11.3 Å². The first kappa shape index (κ1) is 32.2. The van der Waals surface area contributed by atoms with Crippen LogP contribution in [0.2, 0.25) is 0 Å². The van der Waals surface area contributed by atoms with Crippen LogP contribution in [-0.4, -0.2) is 37.3 Å². The third-order valence-electron chi connectivity index (χ3n) is 7.84. The summed E-state index contributed by atoms with van der Waals surface area (Å²) in [7, 11) is -3.91. The quantitative estimate of drug-likeness (QED) is 0.106. The Balaban J connectivity index is 1.44. The minimum atomic E-state index is -3.91. The fourth-order valence-corrected chi connectivity index (χ4v) is 8.02. The number of nitrogens with zero attached hydrogens (tertiary/aromatic N) is 2. The first-order valence-corrected chi connectivity index (χ1v) is 16.4. The summed E-state index contributed by atoms with van der Waals surface area (Å²) in [4.78, 5) is 27.3. The van der Waals surface area contributed by atoms with Crippen molar-refractivity contribution in [3.8, 4) is 0 Å². The van der Waals surface area contributed by atoms with E-state index in [2.05, 4.69) is 10.2 Å². The molecule has 1 atom stereocenters. The number of nitro groups is 1. The number of dihydropyridines is 1. The molecule has 0 spiro atoms. The summed E-state index contributed by atoms with van der Waals surface area (Å²) in [6.45, 7) is 8.80. The van der Waals surface area contributed by atoms with Crippen molar-refractivity contribution in [3.63, 3.8) is 0 Å². The molecule has 11 heteroatoms. The molecule has 0 bridgehead atoms. The van der Waals surface area contributed by atoms with Gasteiger partial charge < -0.3 is 24.0 Å². The zero-order valence-corrected chi connectivity index (χ0v) is 26.8. The van der Waals surface area contributed by atoms with E-state index in [9.17, 15) is 19.5 Å². The number of hydrogen-bond acceptors (Lipinski definition) is 9. The summed E-state index contributed by atoms with van der Waals surface area (Å²) in [6.07, 6.45) is 0. The van der Waals surface area contributed by atoms with Gasteiger partial charge in [-0.1, -0.05) is 74.5 Å². The van der Waals surface area contributed by atoms with Gasteiger partial charge in [-0.15, -0.1) is 0 Å². The largest absolute Gasteiger partial charge is 0.460 e. The van der Waals surface area contributed by atoms with Crippen LogP contribution < -0.4 is 10.2 Å². The number of allylic oxidation sites excluding steroid dienone is 3. The molecule has 2 aliphatic rings. The number of nitro benzene ring substituents is 1. The van der Waals surface area contributed by atoms with Gasteiger partial charge in [0.25, 0.3) is 5.69 Å². The molecule has 45 heavy (non-hydrogen) atoms. The molecule has 3 aromatic carbocycles. The zero-order chi connectivity index (χ0) is 32.2. The van der Waals surface area contributed by atoms with Gasteiger partial charge >= 0.3 is 13.6 Å². The van der Waals surface area contributed by atoms with Crippen LogP contribution in [0, 0.1) is 15.5 Å². The number of benzene rings is 3. The van der Waals surface area contributed by atoms with Gasteiger partial charge in [0.2, 0.25) is 0 Å². The first-order valence-electron chi connectivity index (χ1n) is 14.8. The van der Waals surface area contributed by atoms with Crippen LogP contribution in [-0.2, 0) is 29.7 Å². The van der Waals surface area contributed by atoms with Crippen LogP contribution in [0.5, 0.6) is 0 Å². The van der Waals surface area contributed by atoms with Crippen molar-refractivity contribution in [3.05, 3.63) is 128 Å². The average molecular weight is 632 g/mol. The van der Waals surface area contributed by atoms with Crippen molar-refractivity contribution >= 4 is 24.9 Å². The lowest BCUT2D eigenvalue weighted by Gasteiger charge is -2.39. The van der Waals surface area contributed by atoms with Gasteiger partial charge in [-0.3, -0.25) is 14.7 Å². The highest BCUT2D eigenvalue weighted by Crippen LogP contribution is 2.66. The molecule has 0 aliphatic carbocycles. The molecule has 2 aliphatic heterocycles. The molecule has 0 unspecified atom stereocenters. The molecule has 0 saturated carbocycles. The highest BCUT2D eigenvalue weighted by Gasteiger charge is 2.48. The maximum absolute atomic E-state index is 14.3. The molecular weight excluding hydrogens is 593 g/mol. The van der Waals surface area contributed by atoms with Crippen LogP contribution >= 0.6 is 7.60 Å². The van der Waals surface area contributed by atoms with Crippen molar-refractivity contribution in [1.29, 1.82) is 0 Å². The Labute approximate surface area is 263 Å². The fourth-order valence-electron chi connectivity index (χ4n) is 5.57. The summed E-state index contributed by atoms with van der Waals surface area (Å²) in [5, 5.41) is 15.1. The van der Waals surface area contributed by atoms with E-state index in [4.69, 9.17) is 13.8 Å². The Morgan fingerprint density at radius 3 is 2.29 bits per heavy atom. The van der Waals surface area contributed by atoms with E-state index >= 15 is 0 Å². The molecule has 236 valence electrons. The number of non-ortho nitro benzene ring substituents is 1. The van der Waals surface area contributed by atoms with Gasteiger partial charge in [0.15, 0.2) is 0 Å². The number of hydrogen-bond donors (Lipinski definition) is 1. The minimum absolute atomic E-state index is 0.0654. The van der Waals surface area contributed by atoms with Crippen molar-refractivity contribution in [1.82, 2.24) is 5.32 Å². The van der Waals surface area contributed by atoms with Crippen molar-refractivity contribution < 1.29 is 28.1 Å². The zero-order valence-electron chi connectivity index (χ0n) is 25.9. The van der Waals surface area contributed by atoms with Crippen LogP contribution in [0.1, 0.15) is 44.7 Å². The molecule has 1 fully saturated rings. The Hall–Kier alpha value is -4.24. The first-order chi connectivity index (χ1) is 21.5. The number of carbonyl (C=O) groups excluding carboxylic acids is 1. The number of ether oxygens (including phenoxy) is 1. The summed E-state index contributed by atoms with van der Waals surface area (Å²) in [5.74, 6) is -1.58. The topological polar surface area (TPSA) is 120 Å². The van der Waals surface area contributed by atoms with Gasteiger partial charge in [-0.25, -0.2) is 4.79 Å². The molecule has 0 aromatic heterocycles. The second kappa shape index (κ2) is 13.4.